The van der Waals surface area contributed by atoms with Gasteiger partial charge in [0.25, 0.3) is 0 Å². The highest BCUT2D eigenvalue weighted by atomic mass is 19.4. The summed E-state index contributed by atoms with van der Waals surface area (Å²) in [5.41, 5.74) is -0.545. The molecule has 0 aliphatic heterocycles. The molecule has 1 atom stereocenters. The fourth-order valence-electron chi connectivity index (χ4n) is 1.48. The van der Waals surface area contributed by atoms with Crippen molar-refractivity contribution in [3.8, 4) is 0 Å². The average molecular weight is 276 g/mol. The second-order valence-corrected chi connectivity index (χ2v) is 4.28. The van der Waals surface area contributed by atoms with E-state index in [0.29, 0.717) is 5.56 Å². The summed E-state index contributed by atoms with van der Waals surface area (Å²) in [5, 5.41) is 13.4. The van der Waals surface area contributed by atoms with Crippen LogP contribution in [0.2, 0.25) is 0 Å². The molecule has 0 aliphatic carbocycles. The van der Waals surface area contributed by atoms with Crippen LogP contribution < -0.4 is 10.6 Å². The van der Waals surface area contributed by atoms with Gasteiger partial charge in [-0.05, 0) is 12.5 Å². The Morgan fingerprint density at radius 3 is 2.32 bits per heavy atom. The standard InChI is InChI=1S/C12H15F3N2O2/c1-11(8-18,9-5-3-2-4-6-9)17-10(19)16-7-12(13,14)15/h2-6,18H,7-8H2,1H3,(H2,16,17,19). The largest absolute Gasteiger partial charge is 0.405 e. The Balaban J connectivity index is 2.69. The van der Waals surface area contributed by atoms with Gasteiger partial charge in [-0.25, -0.2) is 4.79 Å². The molecule has 0 aliphatic rings. The molecule has 1 unspecified atom stereocenters. The molecule has 7 heteroatoms. The van der Waals surface area contributed by atoms with Crippen LogP contribution in [0, 0.1) is 0 Å². The summed E-state index contributed by atoms with van der Waals surface area (Å²) in [6.45, 7) is -0.332. The van der Waals surface area contributed by atoms with Gasteiger partial charge in [0.2, 0.25) is 0 Å². The molecule has 1 aromatic rings. The minimum absolute atomic E-state index is 0.434. The van der Waals surface area contributed by atoms with Crippen molar-refractivity contribution in [2.45, 2.75) is 18.6 Å². The Bertz CT molecular complexity index is 423. The highest BCUT2D eigenvalue weighted by Crippen LogP contribution is 2.19. The van der Waals surface area contributed by atoms with Crippen LogP contribution in [-0.2, 0) is 5.54 Å². The van der Waals surface area contributed by atoms with Crippen LogP contribution in [0.3, 0.4) is 0 Å². The third-order valence-electron chi connectivity index (χ3n) is 2.57. The summed E-state index contributed by atoms with van der Waals surface area (Å²) in [6, 6.07) is 7.51. The third-order valence-corrected chi connectivity index (χ3v) is 2.57. The first-order chi connectivity index (χ1) is 8.77. The third kappa shape index (κ3) is 4.78. The first-order valence-corrected chi connectivity index (χ1v) is 5.56. The van der Waals surface area contributed by atoms with Crippen LogP contribution >= 0.6 is 0 Å². The van der Waals surface area contributed by atoms with Gasteiger partial charge in [0.1, 0.15) is 6.54 Å². The summed E-state index contributed by atoms with van der Waals surface area (Å²) in [6.07, 6.45) is -4.47. The Morgan fingerprint density at radius 1 is 1.26 bits per heavy atom. The molecule has 0 aromatic heterocycles. The lowest BCUT2D eigenvalue weighted by atomic mass is 9.93. The van der Waals surface area contributed by atoms with Crippen LogP contribution in [-0.4, -0.2) is 30.5 Å². The van der Waals surface area contributed by atoms with Gasteiger partial charge in [0, 0.05) is 0 Å². The summed E-state index contributed by atoms with van der Waals surface area (Å²) >= 11 is 0. The predicted octanol–water partition coefficient (Wildman–Crippen LogP) is 1.76. The maximum atomic E-state index is 12.0. The lowest BCUT2D eigenvalue weighted by Gasteiger charge is -2.29. The molecule has 106 valence electrons. The molecule has 0 saturated heterocycles. The van der Waals surface area contributed by atoms with E-state index in [2.05, 4.69) is 5.32 Å². The topological polar surface area (TPSA) is 61.4 Å². The van der Waals surface area contributed by atoms with Crippen LogP contribution in [0.25, 0.3) is 0 Å². The van der Waals surface area contributed by atoms with E-state index in [-0.39, 0.29) is 0 Å². The van der Waals surface area contributed by atoms with Crippen LogP contribution in [0.4, 0.5) is 18.0 Å². The van der Waals surface area contributed by atoms with E-state index in [9.17, 15) is 23.1 Å². The maximum absolute atomic E-state index is 12.0. The van der Waals surface area contributed by atoms with Gasteiger partial charge in [-0.15, -0.1) is 0 Å². The maximum Gasteiger partial charge on any atom is 0.405 e. The molecule has 19 heavy (non-hydrogen) atoms. The second kappa shape index (κ2) is 5.92. The van der Waals surface area contributed by atoms with Crippen molar-refractivity contribution in [2.75, 3.05) is 13.2 Å². The molecular weight excluding hydrogens is 261 g/mol. The van der Waals surface area contributed by atoms with Crippen molar-refractivity contribution in [1.29, 1.82) is 0 Å². The summed E-state index contributed by atoms with van der Waals surface area (Å²) in [4.78, 5) is 11.4. The van der Waals surface area contributed by atoms with Gasteiger partial charge in [-0.1, -0.05) is 30.3 Å². The molecule has 0 radical (unpaired) electrons. The fourth-order valence-corrected chi connectivity index (χ4v) is 1.48. The number of carbonyl (C=O) groups excluding carboxylic acids is 1. The van der Waals surface area contributed by atoms with E-state index in [0.717, 1.165) is 0 Å². The number of benzene rings is 1. The number of rotatable bonds is 4. The molecule has 2 amide bonds. The number of hydrogen-bond donors (Lipinski definition) is 3. The lowest BCUT2D eigenvalue weighted by Crippen LogP contribution is -2.51. The fraction of sp³-hybridized carbons (Fsp3) is 0.417. The molecule has 0 fully saturated rings. The zero-order chi connectivity index (χ0) is 14.5. The van der Waals surface area contributed by atoms with E-state index in [1.54, 1.807) is 35.6 Å². The van der Waals surface area contributed by atoms with Crippen molar-refractivity contribution >= 4 is 6.03 Å². The summed E-state index contributed by atoms with van der Waals surface area (Å²) < 4.78 is 35.9. The number of halogens is 3. The zero-order valence-corrected chi connectivity index (χ0v) is 10.3. The van der Waals surface area contributed by atoms with E-state index in [1.165, 1.54) is 6.92 Å². The van der Waals surface area contributed by atoms with Gasteiger partial charge in [-0.2, -0.15) is 13.2 Å². The number of amides is 2. The first-order valence-electron chi connectivity index (χ1n) is 5.56. The van der Waals surface area contributed by atoms with E-state index in [4.69, 9.17) is 0 Å². The number of nitrogens with one attached hydrogen (secondary N) is 2. The van der Waals surface area contributed by atoms with Crippen molar-refractivity contribution in [2.24, 2.45) is 0 Å². The normalized spacial score (nSPS) is 14.6. The van der Waals surface area contributed by atoms with Crippen LogP contribution in [0.15, 0.2) is 30.3 Å². The summed E-state index contributed by atoms with van der Waals surface area (Å²) in [7, 11) is 0. The van der Waals surface area contributed by atoms with Crippen molar-refractivity contribution < 1.29 is 23.1 Å². The molecule has 1 aromatic carbocycles. The Kier molecular flexibility index (Phi) is 4.77. The number of urea groups is 1. The highest BCUT2D eigenvalue weighted by molar-refractivity contribution is 5.75. The Hall–Kier alpha value is -1.76. The van der Waals surface area contributed by atoms with Gasteiger partial charge in [-0.3, -0.25) is 0 Å². The van der Waals surface area contributed by atoms with Crippen molar-refractivity contribution in [1.82, 2.24) is 10.6 Å². The van der Waals surface area contributed by atoms with Crippen molar-refractivity contribution in [3.63, 3.8) is 0 Å². The average Bonchev–Trinajstić information content (AvgIpc) is 2.36. The molecule has 3 N–H and O–H groups in total. The SMILES string of the molecule is CC(CO)(NC(=O)NCC(F)(F)F)c1ccccc1. The number of hydrogen-bond acceptors (Lipinski definition) is 2. The smallest absolute Gasteiger partial charge is 0.394 e. The van der Waals surface area contributed by atoms with Gasteiger partial charge in [0.05, 0.1) is 12.1 Å². The highest BCUT2D eigenvalue weighted by Gasteiger charge is 2.31. The molecule has 4 nitrogen and oxygen atoms in total. The Labute approximate surface area is 108 Å². The van der Waals surface area contributed by atoms with Crippen LogP contribution in [0.1, 0.15) is 12.5 Å². The van der Waals surface area contributed by atoms with Gasteiger partial charge >= 0.3 is 12.2 Å². The minimum Gasteiger partial charge on any atom is -0.394 e. The summed E-state index contributed by atoms with van der Waals surface area (Å²) in [5.74, 6) is 0. The minimum atomic E-state index is -4.47. The molecule has 0 heterocycles. The molecule has 0 saturated carbocycles. The lowest BCUT2D eigenvalue weighted by molar-refractivity contribution is -0.122. The zero-order valence-electron chi connectivity index (χ0n) is 10.3. The Morgan fingerprint density at radius 2 is 1.84 bits per heavy atom. The van der Waals surface area contributed by atoms with Gasteiger partial charge < -0.3 is 15.7 Å². The molecule has 0 spiro atoms. The number of aliphatic hydroxyl groups is 1. The molecular formula is C12H15F3N2O2. The number of alkyl halides is 3. The van der Waals surface area contributed by atoms with Gasteiger partial charge in [0.15, 0.2) is 0 Å². The molecule has 1 rings (SSSR count). The second-order valence-electron chi connectivity index (χ2n) is 4.28. The monoisotopic (exact) mass is 276 g/mol. The predicted molar refractivity (Wildman–Crippen MR) is 63.5 cm³/mol. The number of carbonyl (C=O) groups is 1. The van der Waals surface area contributed by atoms with E-state index in [1.807, 2.05) is 0 Å². The van der Waals surface area contributed by atoms with E-state index >= 15 is 0 Å². The first kappa shape index (κ1) is 15.3. The quantitative estimate of drug-likeness (QED) is 0.784. The van der Waals surface area contributed by atoms with E-state index < -0.39 is 30.9 Å². The van der Waals surface area contributed by atoms with Crippen LogP contribution in [0.5, 0.6) is 0 Å². The number of aliphatic hydroxyl groups excluding tert-OH is 1. The molecule has 0 bridgehead atoms. The van der Waals surface area contributed by atoms with Crippen molar-refractivity contribution in [3.05, 3.63) is 35.9 Å².